The quantitative estimate of drug-likeness (QED) is 0.785. The zero-order valence-corrected chi connectivity index (χ0v) is 12.3. The van der Waals surface area contributed by atoms with E-state index < -0.39 is 0 Å². The highest BCUT2D eigenvalue weighted by atomic mass is 35.5. The van der Waals surface area contributed by atoms with Gasteiger partial charge in [0.1, 0.15) is 11.6 Å². The summed E-state index contributed by atoms with van der Waals surface area (Å²) in [7, 11) is 0. The van der Waals surface area contributed by atoms with Crippen LogP contribution in [0.3, 0.4) is 0 Å². The fourth-order valence-corrected chi connectivity index (χ4v) is 1.87. The molecule has 1 heterocycles. The molecule has 0 saturated carbocycles. The van der Waals surface area contributed by atoms with Crippen LogP contribution in [0.25, 0.3) is 0 Å². The number of nitrogen functional groups attached to an aromatic ring is 1. The number of aryl methyl sites for hydroxylation is 1. The number of rotatable bonds is 5. The van der Waals surface area contributed by atoms with Gasteiger partial charge in [-0.2, -0.15) is 9.97 Å². The van der Waals surface area contributed by atoms with Crippen molar-refractivity contribution < 1.29 is 0 Å². The second-order valence-electron chi connectivity index (χ2n) is 4.51. The summed E-state index contributed by atoms with van der Waals surface area (Å²) in [5, 5.41) is 7.07. The number of halogens is 1. The van der Waals surface area contributed by atoms with Crippen LogP contribution in [-0.2, 0) is 0 Å². The topological polar surface area (TPSA) is 75.9 Å². The van der Waals surface area contributed by atoms with Crippen molar-refractivity contribution in [3.8, 4) is 0 Å². The first-order valence-corrected chi connectivity index (χ1v) is 6.88. The summed E-state index contributed by atoms with van der Waals surface area (Å²) in [4.78, 5) is 8.30. The number of nitrogens with one attached hydrogen (secondary N) is 2. The maximum Gasteiger partial charge on any atom is 0.223 e. The summed E-state index contributed by atoms with van der Waals surface area (Å²) >= 11 is 6.10. The van der Waals surface area contributed by atoms with E-state index in [2.05, 4.69) is 27.5 Å². The lowest BCUT2D eigenvalue weighted by Crippen LogP contribution is -2.06. The Morgan fingerprint density at radius 2 is 1.95 bits per heavy atom. The summed E-state index contributed by atoms with van der Waals surface area (Å²) in [6.45, 7) is 4.89. The molecule has 20 heavy (non-hydrogen) atoms. The fraction of sp³-hybridized carbons (Fsp3) is 0.286. The van der Waals surface area contributed by atoms with Gasteiger partial charge >= 0.3 is 0 Å². The van der Waals surface area contributed by atoms with Gasteiger partial charge in [0.2, 0.25) is 5.95 Å². The smallest absolute Gasteiger partial charge is 0.223 e. The molecule has 0 bridgehead atoms. The second kappa shape index (κ2) is 6.43. The van der Waals surface area contributed by atoms with Crippen LogP contribution in [0.5, 0.6) is 0 Å². The van der Waals surface area contributed by atoms with Crippen molar-refractivity contribution in [3.05, 3.63) is 34.9 Å². The van der Waals surface area contributed by atoms with Gasteiger partial charge in [0, 0.05) is 23.3 Å². The van der Waals surface area contributed by atoms with E-state index in [1.54, 1.807) is 0 Å². The number of aromatic nitrogens is 2. The van der Waals surface area contributed by atoms with Gasteiger partial charge < -0.3 is 16.4 Å². The Morgan fingerprint density at radius 1 is 1.20 bits per heavy atom. The zero-order chi connectivity index (χ0) is 14.5. The molecule has 0 aliphatic rings. The van der Waals surface area contributed by atoms with Crippen molar-refractivity contribution in [1.82, 2.24) is 9.97 Å². The molecule has 5 nitrogen and oxygen atoms in total. The second-order valence-corrected chi connectivity index (χ2v) is 4.92. The average Bonchev–Trinajstić information content (AvgIpc) is 2.40. The molecule has 0 radical (unpaired) electrons. The van der Waals surface area contributed by atoms with Gasteiger partial charge in [-0.1, -0.05) is 24.6 Å². The minimum Gasteiger partial charge on any atom is -0.370 e. The predicted octanol–water partition coefficient (Wildman–Crippen LogP) is 3.59. The van der Waals surface area contributed by atoms with Gasteiger partial charge in [0.25, 0.3) is 0 Å². The number of anilines is 4. The molecule has 0 amide bonds. The maximum absolute atomic E-state index is 6.10. The Labute approximate surface area is 123 Å². The Balaban J connectivity index is 2.19. The lowest BCUT2D eigenvalue weighted by Gasteiger charge is -2.10. The minimum absolute atomic E-state index is 0.229. The summed E-state index contributed by atoms with van der Waals surface area (Å²) < 4.78 is 0. The monoisotopic (exact) mass is 291 g/mol. The van der Waals surface area contributed by atoms with Crippen molar-refractivity contribution >= 4 is 34.9 Å². The fourth-order valence-electron chi connectivity index (χ4n) is 1.69. The third kappa shape index (κ3) is 3.74. The molecule has 0 saturated heterocycles. The van der Waals surface area contributed by atoms with Gasteiger partial charge in [-0.3, -0.25) is 0 Å². The van der Waals surface area contributed by atoms with Crippen molar-refractivity contribution in [2.75, 3.05) is 22.9 Å². The number of hydrogen-bond donors (Lipinski definition) is 3. The number of nitrogens with two attached hydrogens (primary N) is 1. The number of benzene rings is 1. The molecule has 0 aliphatic heterocycles. The third-order valence-electron chi connectivity index (χ3n) is 2.74. The van der Waals surface area contributed by atoms with Crippen LogP contribution in [-0.4, -0.2) is 16.5 Å². The van der Waals surface area contributed by atoms with E-state index in [9.17, 15) is 0 Å². The van der Waals surface area contributed by atoms with Crippen LogP contribution in [0.2, 0.25) is 5.02 Å². The summed E-state index contributed by atoms with van der Waals surface area (Å²) in [5.41, 5.74) is 7.60. The van der Waals surface area contributed by atoms with Crippen LogP contribution in [0.1, 0.15) is 18.9 Å². The number of hydrogen-bond acceptors (Lipinski definition) is 5. The summed E-state index contributed by atoms with van der Waals surface area (Å²) in [5.74, 6) is 1.57. The standard InChI is InChI=1S/C14H18ClN5/c1-3-6-17-12-8-13(20-14(16)19-12)18-10-5-4-9(2)11(15)7-10/h4-5,7-8H,3,6H2,1-2H3,(H4,16,17,18,19,20). The highest BCUT2D eigenvalue weighted by Crippen LogP contribution is 2.23. The minimum atomic E-state index is 0.229. The van der Waals surface area contributed by atoms with E-state index in [1.807, 2.05) is 31.2 Å². The molecular weight excluding hydrogens is 274 g/mol. The highest BCUT2D eigenvalue weighted by molar-refractivity contribution is 6.31. The van der Waals surface area contributed by atoms with E-state index in [4.69, 9.17) is 17.3 Å². The lowest BCUT2D eigenvalue weighted by molar-refractivity contribution is 0.967. The molecule has 0 aliphatic carbocycles. The van der Waals surface area contributed by atoms with Crippen LogP contribution < -0.4 is 16.4 Å². The van der Waals surface area contributed by atoms with E-state index in [-0.39, 0.29) is 5.95 Å². The van der Waals surface area contributed by atoms with Crippen molar-refractivity contribution in [3.63, 3.8) is 0 Å². The Bertz CT molecular complexity index is 600. The molecule has 1 aromatic heterocycles. The summed E-state index contributed by atoms with van der Waals surface area (Å²) in [6, 6.07) is 7.57. The lowest BCUT2D eigenvalue weighted by atomic mass is 10.2. The van der Waals surface area contributed by atoms with Crippen LogP contribution in [0.15, 0.2) is 24.3 Å². The van der Waals surface area contributed by atoms with Crippen molar-refractivity contribution in [1.29, 1.82) is 0 Å². The zero-order valence-electron chi connectivity index (χ0n) is 11.6. The molecule has 2 rings (SSSR count). The average molecular weight is 292 g/mol. The first kappa shape index (κ1) is 14.4. The van der Waals surface area contributed by atoms with Gasteiger partial charge in [0.15, 0.2) is 0 Å². The normalized spacial score (nSPS) is 10.3. The predicted molar refractivity (Wildman–Crippen MR) is 84.7 cm³/mol. The molecule has 0 unspecified atom stereocenters. The van der Waals surface area contributed by atoms with Crippen molar-refractivity contribution in [2.45, 2.75) is 20.3 Å². The molecule has 106 valence electrons. The van der Waals surface area contributed by atoms with E-state index in [0.29, 0.717) is 16.7 Å². The molecule has 0 atom stereocenters. The Kier molecular flexibility index (Phi) is 4.63. The maximum atomic E-state index is 6.10. The molecule has 0 fully saturated rings. The third-order valence-corrected chi connectivity index (χ3v) is 3.15. The van der Waals surface area contributed by atoms with Gasteiger partial charge in [0.05, 0.1) is 0 Å². The van der Waals surface area contributed by atoms with Gasteiger partial charge in [-0.25, -0.2) is 0 Å². The molecule has 6 heteroatoms. The van der Waals surface area contributed by atoms with E-state index in [1.165, 1.54) is 0 Å². The Hall–Kier alpha value is -2.01. The van der Waals surface area contributed by atoms with Crippen molar-refractivity contribution in [2.24, 2.45) is 0 Å². The largest absolute Gasteiger partial charge is 0.370 e. The molecular formula is C14H18ClN5. The van der Waals surface area contributed by atoms with Crippen LogP contribution in [0.4, 0.5) is 23.3 Å². The first-order chi connectivity index (χ1) is 9.58. The first-order valence-electron chi connectivity index (χ1n) is 6.50. The molecule has 4 N–H and O–H groups in total. The highest BCUT2D eigenvalue weighted by Gasteiger charge is 2.04. The van der Waals surface area contributed by atoms with Crippen LogP contribution >= 0.6 is 11.6 Å². The van der Waals surface area contributed by atoms with Gasteiger partial charge in [-0.15, -0.1) is 0 Å². The van der Waals surface area contributed by atoms with E-state index >= 15 is 0 Å². The molecule has 1 aromatic carbocycles. The molecule has 0 spiro atoms. The number of nitrogens with zero attached hydrogens (tertiary/aromatic N) is 2. The van der Waals surface area contributed by atoms with Crippen LogP contribution in [0, 0.1) is 6.92 Å². The molecule has 2 aromatic rings. The van der Waals surface area contributed by atoms with E-state index in [0.717, 1.165) is 24.2 Å². The summed E-state index contributed by atoms with van der Waals surface area (Å²) in [6.07, 6.45) is 1.01. The SMILES string of the molecule is CCCNc1cc(Nc2ccc(C)c(Cl)c2)nc(N)n1. The van der Waals surface area contributed by atoms with Gasteiger partial charge in [-0.05, 0) is 31.0 Å². The Morgan fingerprint density at radius 3 is 2.65 bits per heavy atom.